The minimum Gasteiger partial charge on any atom is -0.373 e. The molecule has 0 fully saturated rings. The molecule has 2 atom stereocenters. The first-order valence-corrected chi connectivity index (χ1v) is 6.06. The summed E-state index contributed by atoms with van der Waals surface area (Å²) in [5.74, 6) is 7.01. The molecule has 90 valence electrons. The van der Waals surface area contributed by atoms with E-state index in [9.17, 15) is 0 Å². The van der Waals surface area contributed by atoms with E-state index < -0.39 is 0 Å². The van der Waals surface area contributed by atoms with E-state index in [-0.39, 0.29) is 6.17 Å². The molecule has 0 bridgehead atoms. The average molecular weight is 220 g/mol. The maximum absolute atomic E-state index is 3.37. The number of nitrogens with one attached hydrogen (secondary N) is 2. The van der Waals surface area contributed by atoms with Gasteiger partial charge in [0.1, 0.15) is 0 Å². The Bertz CT molecular complexity index is 273. The number of rotatable bonds is 5. The molecule has 0 aromatic heterocycles. The van der Waals surface area contributed by atoms with E-state index in [2.05, 4.69) is 56.0 Å². The summed E-state index contributed by atoms with van der Waals surface area (Å²) in [7, 11) is 1.95. The maximum atomic E-state index is 3.37. The summed E-state index contributed by atoms with van der Waals surface area (Å²) in [4.78, 5) is 0. The van der Waals surface area contributed by atoms with Gasteiger partial charge in [0.25, 0.3) is 0 Å². The summed E-state index contributed by atoms with van der Waals surface area (Å²) in [6.07, 6.45) is 3.14. The Balaban J connectivity index is 4.14. The van der Waals surface area contributed by atoms with Gasteiger partial charge < -0.3 is 5.32 Å². The van der Waals surface area contributed by atoms with Crippen molar-refractivity contribution < 1.29 is 0 Å². The molecule has 0 saturated carbocycles. The molecule has 0 aromatic carbocycles. The summed E-state index contributed by atoms with van der Waals surface area (Å²) >= 11 is 0. The summed E-state index contributed by atoms with van der Waals surface area (Å²) in [6, 6.07) is 0. The highest BCUT2D eigenvalue weighted by Crippen LogP contribution is 2.06. The fraction of sp³-hybridized carbons (Fsp3) is 0.692. The second kappa shape index (κ2) is 8.30. The Morgan fingerprint density at radius 2 is 2.06 bits per heavy atom. The fourth-order valence-corrected chi connectivity index (χ4v) is 1.07. The minimum atomic E-state index is 0.239. The monoisotopic (exact) mass is 220 g/mol. The topological polar surface area (TPSA) is 24.1 Å². The lowest BCUT2D eigenvalue weighted by Crippen LogP contribution is -2.38. The molecular weight excluding hydrogens is 195 g/mol. The van der Waals surface area contributed by atoms with E-state index in [1.54, 1.807) is 0 Å². The van der Waals surface area contributed by atoms with Gasteiger partial charge >= 0.3 is 0 Å². The molecule has 16 heavy (non-hydrogen) atoms. The Labute approximate surface area is 101 Å². The molecular formula is C13H25BN2. The first-order valence-electron chi connectivity index (χ1n) is 6.06. The van der Waals surface area contributed by atoms with E-state index in [1.807, 2.05) is 14.0 Å². The van der Waals surface area contributed by atoms with Gasteiger partial charge in [0.05, 0.1) is 6.17 Å². The third kappa shape index (κ3) is 6.58. The van der Waals surface area contributed by atoms with Crippen LogP contribution in [0.2, 0.25) is 19.5 Å². The van der Waals surface area contributed by atoms with E-state index in [4.69, 9.17) is 0 Å². The molecule has 0 heterocycles. The summed E-state index contributed by atoms with van der Waals surface area (Å²) < 4.78 is 0. The van der Waals surface area contributed by atoms with Crippen LogP contribution in [-0.2, 0) is 0 Å². The van der Waals surface area contributed by atoms with Crippen LogP contribution < -0.4 is 10.6 Å². The molecule has 0 spiro atoms. The van der Waals surface area contributed by atoms with Gasteiger partial charge in [0.2, 0.25) is 0 Å². The van der Waals surface area contributed by atoms with Gasteiger partial charge in [-0.15, -0.1) is 11.8 Å². The largest absolute Gasteiger partial charge is 0.373 e. The standard InChI is InChI=1S/C13H25BN2/c1-7-12(3)16-13(15-6)10-8-9-11(2)14(4)5/h7,11,13,15-16H,10H2,1-6H3. The van der Waals surface area contributed by atoms with Crippen LogP contribution in [0.25, 0.3) is 0 Å². The molecule has 0 aromatic rings. The van der Waals surface area contributed by atoms with Crippen LogP contribution in [0.4, 0.5) is 0 Å². The van der Waals surface area contributed by atoms with Gasteiger partial charge in [0.15, 0.2) is 6.71 Å². The van der Waals surface area contributed by atoms with Crippen LogP contribution >= 0.6 is 0 Å². The molecule has 0 amide bonds. The lowest BCUT2D eigenvalue weighted by molar-refractivity contribution is 0.509. The Hall–Kier alpha value is -0.875. The van der Waals surface area contributed by atoms with Gasteiger partial charge in [-0.1, -0.05) is 26.6 Å². The van der Waals surface area contributed by atoms with Crippen molar-refractivity contribution in [2.45, 2.75) is 52.8 Å². The van der Waals surface area contributed by atoms with Crippen LogP contribution in [-0.4, -0.2) is 19.9 Å². The summed E-state index contributed by atoms with van der Waals surface area (Å²) in [5.41, 5.74) is 1.18. The van der Waals surface area contributed by atoms with E-state index in [1.165, 1.54) is 5.70 Å². The SMILES string of the molecule is CC=C(C)NC(CC#CC(C)B(C)C)NC. The normalized spacial score (nSPS) is 14.8. The molecule has 0 aliphatic carbocycles. The smallest absolute Gasteiger partial charge is 0.151 e. The van der Waals surface area contributed by atoms with Crippen molar-refractivity contribution in [1.82, 2.24) is 10.6 Å². The van der Waals surface area contributed by atoms with Crippen molar-refractivity contribution >= 4 is 6.71 Å². The predicted octanol–water partition coefficient (Wildman–Crippen LogP) is 2.58. The molecule has 2 unspecified atom stereocenters. The second-order valence-corrected chi connectivity index (χ2v) is 4.52. The van der Waals surface area contributed by atoms with Crippen LogP contribution in [0.15, 0.2) is 11.8 Å². The van der Waals surface area contributed by atoms with Gasteiger partial charge in [-0.3, -0.25) is 5.32 Å². The number of allylic oxidation sites excluding steroid dienone is 2. The highest BCUT2D eigenvalue weighted by atomic mass is 15.1. The van der Waals surface area contributed by atoms with E-state index in [0.717, 1.165) is 6.42 Å². The molecule has 3 heteroatoms. The predicted molar refractivity (Wildman–Crippen MR) is 74.7 cm³/mol. The first kappa shape index (κ1) is 15.1. The molecule has 0 rings (SSSR count). The Kier molecular flexibility index (Phi) is 7.84. The van der Waals surface area contributed by atoms with Gasteiger partial charge in [-0.05, 0) is 26.7 Å². The van der Waals surface area contributed by atoms with Crippen molar-refractivity contribution in [3.8, 4) is 11.8 Å². The Morgan fingerprint density at radius 1 is 1.44 bits per heavy atom. The molecule has 0 radical (unpaired) electrons. The van der Waals surface area contributed by atoms with Crippen LogP contribution in [0.1, 0.15) is 27.2 Å². The van der Waals surface area contributed by atoms with Crippen molar-refractivity contribution in [2.24, 2.45) is 0 Å². The quantitative estimate of drug-likeness (QED) is 0.422. The van der Waals surface area contributed by atoms with Crippen molar-refractivity contribution in [3.63, 3.8) is 0 Å². The molecule has 0 saturated heterocycles. The number of hydrogen-bond donors (Lipinski definition) is 2. The Morgan fingerprint density at radius 3 is 2.50 bits per heavy atom. The zero-order valence-corrected chi connectivity index (χ0v) is 11.5. The molecule has 2 N–H and O–H groups in total. The zero-order chi connectivity index (χ0) is 12.6. The van der Waals surface area contributed by atoms with Gasteiger partial charge in [-0.25, -0.2) is 0 Å². The number of hydrogen-bond acceptors (Lipinski definition) is 2. The average Bonchev–Trinajstić information content (AvgIpc) is 2.26. The molecule has 2 nitrogen and oxygen atoms in total. The third-order valence-corrected chi connectivity index (χ3v) is 2.82. The first-order chi connectivity index (χ1) is 7.51. The fourth-order valence-electron chi connectivity index (χ4n) is 1.07. The maximum Gasteiger partial charge on any atom is 0.151 e. The highest BCUT2D eigenvalue weighted by Gasteiger charge is 2.06. The van der Waals surface area contributed by atoms with Crippen LogP contribution in [0.5, 0.6) is 0 Å². The van der Waals surface area contributed by atoms with Gasteiger partial charge in [-0.2, -0.15) is 0 Å². The summed E-state index contributed by atoms with van der Waals surface area (Å²) in [5, 5.41) is 6.58. The minimum absolute atomic E-state index is 0.239. The molecule has 0 aliphatic rings. The van der Waals surface area contributed by atoms with Crippen molar-refractivity contribution in [3.05, 3.63) is 11.8 Å². The van der Waals surface area contributed by atoms with Crippen molar-refractivity contribution in [2.75, 3.05) is 7.05 Å². The zero-order valence-electron chi connectivity index (χ0n) is 11.5. The van der Waals surface area contributed by atoms with Crippen LogP contribution in [0, 0.1) is 11.8 Å². The highest BCUT2D eigenvalue weighted by molar-refractivity contribution is 6.58. The van der Waals surface area contributed by atoms with E-state index >= 15 is 0 Å². The second-order valence-electron chi connectivity index (χ2n) is 4.52. The van der Waals surface area contributed by atoms with E-state index in [0.29, 0.717) is 12.5 Å². The lowest BCUT2D eigenvalue weighted by atomic mass is 9.46. The third-order valence-electron chi connectivity index (χ3n) is 2.82. The van der Waals surface area contributed by atoms with Gasteiger partial charge in [0, 0.05) is 12.1 Å². The lowest BCUT2D eigenvalue weighted by Gasteiger charge is -2.17. The summed E-state index contributed by atoms with van der Waals surface area (Å²) in [6.45, 7) is 11.3. The molecule has 0 aliphatic heterocycles. The van der Waals surface area contributed by atoms with Crippen LogP contribution in [0.3, 0.4) is 0 Å². The van der Waals surface area contributed by atoms with Crippen molar-refractivity contribution in [1.29, 1.82) is 0 Å².